The lowest BCUT2D eigenvalue weighted by Crippen LogP contribution is -2.33. The number of allylic oxidation sites excluding steroid dienone is 3. The van der Waals surface area contributed by atoms with Crippen LogP contribution in [0.25, 0.3) is 27.8 Å². The van der Waals surface area contributed by atoms with Crippen LogP contribution in [0.5, 0.6) is 0 Å². The number of carbonyl (C=O) groups excluding carboxylic acids is 2. The molecule has 0 saturated carbocycles. The highest BCUT2D eigenvalue weighted by Crippen LogP contribution is 2.35. The number of nitrogens with zero attached hydrogens (tertiary/aromatic N) is 3. The van der Waals surface area contributed by atoms with Gasteiger partial charge in [-0.1, -0.05) is 74.6 Å². The molecule has 0 aliphatic heterocycles. The molecular formula is C51H57N8O2+. The van der Waals surface area contributed by atoms with Crippen molar-refractivity contribution in [3.63, 3.8) is 0 Å². The van der Waals surface area contributed by atoms with Crippen molar-refractivity contribution in [2.75, 3.05) is 21.7 Å². The third-order valence-corrected chi connectivity index (χ3v) is 11.3. The van der Waals surface area contributed by atoms with Crippen molar-refractivity contribution in [1.82, 2.24) is 4.98 Å². The summed E-state index contributed by atoms with van der Waals surface area (Å²) in [6.45, 7) is 7.99. The van der Waals surface area contributed by atoms with Crippen LogP contribution in [-0.2, 0) is 9.59 Å². The number of amides is 2. The molecule has 61 heavy (non-hydrogen) atoms. The zero-order valence-electron chi connectivity index (χ0n) is 35.8. The summed E-state index contributed by atoms with van der Waals surface area (Å²) in [5, 5.41) is 9.82. The number of rotatable bonds is 16. The molecule has 0 bridgehead atoms. The van der Waals surface area contributed by atoms with Gasteiger partial charge in [-0.3, -0.25) is 14.6 Å². The van der Waals surface area contributed by atoms with Crippen LogP contribution >= 0.6 is 0 Å². The minimum Gasteiger partial charge on any atom is -0.399 e. The predicted molar refractivity (Wildman–Crippen MR) is 252 cm³/mol. The number of nitrogens with two attached hydrogens (primary N) is 2. The van der Waals surface area contributed by atoms with E-state index < -0.39 is 0 Å². The van der Waals surface area contributed by atoms with Crippen LogP contribution in [0.3, 0.4) is 0 Å². The zero-order valence-corrected chi connectivity index (χ0v) is 35.8. The number of benzene rings is 5. The number of hydrogen-bond acceptors (Lipinski definition) is 7. The van der Waals surface area contributed by atoms with Crippen molar-refractivity contribution >= 4 is 73.7 Å². The second-order valence-electron chi connectivity index (χ2n) is 16.2. The molecule has 0 unspecified atom stereocenters. The lowest BCUT2D eigenvalue weighted by atomic mass is 10.0. The van der Waals surface area contributed by atoms with E-state index >= 15 is 0 Å². The van der Waals surface area contributed by atoms with Gasteiger partial charge in [0.1, 0.15) is 11.0 Å². The summed E-state index contributed by atoms with van der Waals surface area (Å²) in [5.74, 6) is 0.0141. The van der Waals surface area contributed by atoms with E-state index in [-0.39, 0.29) is 11.8 Å². The van der Waals surface area contributed by atoms with Gasteiger partial charge in [0.05, 0.1) is 17.1 Å². The van der Waals surface area contributed by atoms with Crippen molar-refractivity contribution in [3.05, 3.63) is 137 Å². The number of para-hydroxylation sites is 2. The average Bonchev–Trinajstić information content (AvgIpc) is 3.24. The molecule has 0 radical (unpaired) electrons. The molecule has 312 valence electrons. The fraction of sp³-hybridized carbons (Fsp3) is 0.275. The summed E-state index contributed by atoms with van der Waals surface area (Å²) >= 11 is 0. The van der Waals surface area contributed by atoms with E-state index in [1.54, 1.807) is 0 Å². The molecule has 0 spiro atoms. The molecule has 1 aliphatic rings. The van der Waals surface area contributed by atoms with Crippen molar-refractivity contribution in [3.8, 4) is 5.69 Å². The Hall–Kier alpha value is -6.81. The monoisotopic (exact) mass is 813 g/mol. The molecule has 7 rings (SSSR count). The Morgan fingerprint density at radius 3 is 1.85 bits per heavy atom. The summed E-state index contributed by atoms with van der Waals surface area (Å²) in [6, 6.07) is 32.2. The Kier molecular flexibility index (Phi) is 13.5. The quantitative estimate of drug-likeness (QED) is 0.0284. The van der Waals surface area contributed by atoms with Crippen LogP contribution in [0.15, 0.2) is 125 Å². The predicted octanol–water partition coefficient (Wildman–Crippen LogP) is 11.3. The van der Waals surface area contributed by atoms with Crippen molar-refractivity contribution in [1.29, 1.82) is 0 Å². The van der Waals surface area contributed by atoms with E-state index in [9.17, 15) is 9.59 Å². The molecule has 6 aromatic rings. The number of fused-ring (bicyclic) bond motifs is 2. The maximum atomic E-state index is 13.2. The van der Waals surface area contributed by atoms with Crippen molar-refractivity contribution in [2.45, 2.75) is 91.9 Å². The fourth-order valence-corrected chi connectivity index (χ4v) is 7.74. The summed E-state index contributed by atoms with van der Waals surface area (Å²) in [7, 11) is 0. The van der Waals surface area contributed by atoms with Gasteiger partial charge >= 0.3 is 0 Å². The highest BCUT2D eigenvalue weighted by Gasteiger charge is 2.22. The summed E-state index contributed by atoms with van der Waals surface area (Å²) in [5.41, 5.74) is 27.4. The standard InChI is InChI=1S/C51H56N8O2/c1-33-26-38(24-25-40(33)52)55-44-28-35(3)42(31-45(44)54-37-18-12-10-13-19-37)57-50(60)22-16-8-6-5-7-9-17-23-51(61)58-43-32-49-47(29-36(43)4)56-46-27-34(2)41(53)30-48(46)59(49)39-20-14-11-15-21-39/h10-15,18-21,25-32,54H,5-9,16-17,22-24,52H2,1-4H3,(H3,53,57,58,60,61)/p+1. The number of aliphatic imine (C=N–C) groups is 1. The SMILES string of the molecule is CC1=CC(=Nc2cc(C)c(NC(=O)CCCCCCCCCC(=O)Nc3cc4c(cc3C)nc3cc(C)c(N)cc3[n+]4-c3ccccc3)cc2Nc2ccccc2)CC=C1N. The van der Waals surface area contributed by atoms with Crippen molar-refractivity contribution in [2.24, 2.45) is 10.7 Å². The molecule has 10 nitrogen and oxygen atoms in total. The fourth-order valence-electron chi connectivity index (χ4n) is 7.74. The smallest absolute Gasteiger partial charge is 0.239 e. The number of aryl methyl sites for hydroxylation is 3. The Bertz CT molecular complexity index is 2670. The molecular weight excluding hydrogens is 757 g/mol. The van der Waals surface area contributed by atoms with Gasteiger partial charge in [-0.2, -0.15) is 0 Å². The maximum Gasteiger partial charge on any atom is 0.239 e. The van der Waals surface area contributed by atoms with Crippen LogP contribution in [0.1, 0.15) is 87.8 Å². The van der Waals surface area contributed by atoms with Gasteiger partial charge < -0.3 is 27.4 Å². The van der Waals surface area contributed by atoms with Crippen LogP contribution in [-0.4, -0.2) is 22.5 Å². The third kappa shape index (κ3) is 10.7. The minimum absolute atomic E-state index is 0.00576. The van der Waals surface area contributed by atoms with Crippen LogP contribution in [0.4, 0.5) is 34.1 Å². The lowest BCUT2D eigenvalue weighted by Gasteiger charge is -2.16. The van der Waals surface area contributed by atoms with Gasteiger partial charge in [-0.05, 0) is 105 Å². The first kappa shape index (κ1) is 42.3. The molecule has 0 fully saturated rings. The van der Waals surface area contributed by atoms with Crippen molar-refractivity contribution < 1.29 is 14.2 Å². The Balaban J connectivity index is 0.868. The van der Waals surface area contributed by atoms with E-state index in [0.29, 0.717) is 24.9 Å². The Morgan fingerprint density at radius 2 is 1.21 bits per heavy atom. The first-order valence-corrected chi connectivity index (χ1v) is 21.4. The number of carbonyl (C=O) groups is 2. The highest BCUT2D eigenvalue weighted by atomic mass is 16.2. The molecule has 1 aromatic heterocycles. The highest BCUT2D eigenvalue weighted by molar-refractivity contribution is 6.01. The van der Waals surface area contributed by atoms with E-state index in [1.807, 2.05) is 125 Å². The normalized spacial score (nSPS) is 13.3. The minimum atomic E-state index is 0.00576. The van der Waals surface area contributed by atoms with Gasteiger partial charge in [0.15, 0.2) is 0 Å². The lowest BCUT2D eigenvalue weighted by molar-refractivity contribution is -0.538. The van der Waals surface area contributed by atoms with Gasteiger partial charge in [0.2, 0.25) is 28.5 Å². The molecule has 0 atom stereocenters. The molecule has 2 amide bonds. The molecule has 5 aromatic carbocycles. The van der Waals surface area contributed by atoms with Gasteiger partial charge in [-0.15, -0.1) is 4.57 Å². The van der Waals surface area contributed by atoms with Gasteiger partial charge in [0, 0.05) is 72.0 Å². The molecule has 0 saturated heterocycles. The third-order valence-electron chi connectivity index (χ3n) is 11.3. The topological polar surface area (TPSA) is 151 Å². The number of nitrogens with one attached hydrogen (secondary N) is 3. The second-order valence-corrected chi connectivity index (χ2v) is 16.2. The van der Waals surface area contributed by atoms with Crippen LogP contribution < -0.4 is 32.0 Å². The average molecular weight is 814 g/mol. The summed E-state index contributed by atoms with van der Waals surface area (Å²) in [4.78, 5) is 36.2. The maximum absolute atomic E-state index is 13.2. The number of nitrogen functional groups attached to an aromatic ring is 1. The van der Waals surface area contributed by atoms with Gasteiger partial charge in [-0.25, -0.2) is 4.98 Å². The van der Waals surface area contributed by atoms with E-state index in [1.165, 1.54) is 0 Å². The number of hydrogen-bond donors (Lipinski definition) is 5. The molecule has 1 aliphatic carbocycles. The number of anilines is 5. The van der Waals surface area contributed by atoms with E-state index in [2.05, 4.69) is 32.7 Å². The summed E-state index contributed by atoms with van der Waals surface area (Å²) < 4.78 is 2.16. The number of unbranched alkanes of at least 4 members (excludes halogenated alkanes) is 6. The summed E-state index contributed by atoms with van der Waals surface area (Å²) in [6.07, 6.45) is 12.4. The van der Waals surface area contributed by atoms with Crippen LogP contribution in [0.2, 0.25) is 0 Å². The zero-order chi connectivity index (χ0) is 42.9. The first-order chi connectivity index (χ1) is 29.5. The van der Waals surface area contributed by atoms with E-state index in [0.717, 1.165) is 135 Å². The Labute approximate surface area is 358 Å². The van der Waals surface area contributed by atoms with Crippen LogP contribution in [0, 0.1) is 20.8 Å². The number of aromatic nitrogens is 2. The Morgan fingerprint density at radius 1 is 0.656 bits per heavy atom. The molecule has 1 heterocycles. The van der Waals surface area contributed by atoms with Gasteiger partial charge in [0.25, 0.3) is 0 Å². The first-order valence-electron chi connectivity index (χ1n) is 21.4. The second kappa shape index (κ2) is 19.5. The largest absolute Gasteiger partial charge is 0.399 e. The molecule has 10 heteroatoms. The molecule has 7 N–H and O–H groups in total. The van der Waals surface area contributed by atoms with E-state index in [4.69, 9.17) is 21.4 Å².